The Balaban J connectivity index is 1.86. The molecule has 80 valence electrons. The zero-order valence-corrected chi connectivity index (χ0v) is 9.69. The molecule has 0 aromatic heterocycles. The van der Waals surface area contributed by atoms with Crippen molar-refractivity contribution >= 4 is 17.3 Å². The van der Waals surface area contributed by atoms with E-state index in [0.29, 0.717) is 6.04 Å². The molecule has 0 radical (unpaired) electrons. The van der Waals surface area contributed by atoms with Gasteiger partial charge in [-0.05, 0) is 38.9 Å². The Kier molecular flexibility index (Phi) is 2.66. The molecule has 1 saturated carbocycles. The zero-order valence-electron chi connectivity index (χ0n) is 8.88. The SMILES string of the molecule is CC1(C)CN(C(=S)NC2CC2)CCO1. The van der Waals surface area contributed by atoms with Gasteiger partial charge in [-0.25, -0.2) is 0 Å². The number of rotatable bonds is 1. The van der Waals surface area contributed by atoms with Crippen molar-refractivity contribution in [3.05, 3.63) is 0 Å². The van der Waals surface area contributed by atoms with E-state index in [9.17, 15) is 0 Å². The van der Waals surface area contributed by atoms with Crippen LogP contribution >= 0.6 is 12.2 Å². The normalized spacial score (nSPS) is 26.0. The largest absolute Gasteiger partial charge is 0.372 e. The van der Waals surface area contributed by atoms with E-state index in [-0.39, 0.29) is 5.60 Å². The molecule has 0 aromatic carbocycles. The lowest BCUT2D eigenvalue weighted by atomic mass is 10.1. The van der Waals surface area contributed by atoms with Crippen molar-refractivity contribution in [1.29, 1.82) is 0 Å². The zero-order chi connectivity index (χ0) is 10.2. The van der Waals surface area contributed by atoms with E-state index in [0.717, 1.165) is 24.8 Å². The van der Waals surface area contributed by atoms with Crippen molar-refractivity contribution in [1.82, 2.24) is 10.2 Å². The quantitative estimate of drug-likeness (QED) is 0.661. The first-order valence-electron chi connectivity index (χ1n) is 5.26. The summed E-state index contributed by atoms with van der Waals surface area (Å²) in [6.07, 6.45) is 2.54. The van der Waals surface area contributed by atoms with Crippen molar-refractivity contribution < 1.29 is 4.74 Å². The van der Waals surface area contributed by atoms with Crippen molar-refractivity contribution in [2.24, 2.45) is 0 Å². The van der Waals surface area contributed by atoms with Crippen LogP contribution in [0.4, 0.5) is 0 Å². The third-order valence-electron chi connectivity index (χ3n) is 2.62. The fourth-order valence-electron chi connectivity index (χ4n) is 1.68. The maximum absolute atomic E-state index is 5.64. The first kappa shape index (κ1) is 10.2. The van der Waals surface area contributed by atoms with Gasteiger partial charge in [-0.3, -0.25) is 0 Å². The van der Waals surface area contributed by atoms with Crippen LogP contribution in [0, 0.1) is 0 Å². The van der Waals surface area contributed by atoms with Crippen molar-refractivity contribution in [2.75, 3.05) is 19.7 Å². The van der Waals surface area contributed by atoms with Gasteiger partial charge in [-0.15, -0.1) is 0 Å². The van der Waals surface area contributed by atoms with Crippen molar-refractivity contribution in [2.45, 2.75) is 38.3 Å². The fourth-order valence-corrected chi connectivity index (χ4v) is 2.01. The summed E-state index contributed by atoms with van der Waals surface area (Å²) < 4.78 is 5.64. The maximum Gasteiger partial charge on any atom is 0.169 e. The average molecular weight is 214 g/mol. The molecule has 1 heterocycles. The van der Waals surface area contributed by atoms with Gasteiger partial charge in [-0.1, -0.05) is 0 Å². The predicted octanol–water partition coefficient (Wildman–Crippen LogP) is 1.13. The van der Waals surface area contributed by atoms with Crippen LogP contribution in [0.15, 0.2) is 0 Å². The van der Waals surface area contributed by atoms with Crippen LogP contribution in [0.1, 0.15) is 26.7 Å². The highest BCUT2D eigenvalue weighted by Crippen LogP contribution is 2.21. The lowest BCUT2D eigenvalue weighted by Crippen LogP contribution is -2.53. The number of hydrogen-bond donors (Lipinski definition) is 1. The van der Waals surface area contributed by atoms with E-state index in [2.05, 4.69) is 24.1 Å². The summed E-state index contributed by atoms with van der Waals surface area (Å²) in [5.41, 5.74) is -0.0620. The molecule has 4 heteroatoms. The number of ether oxygens (including phenoxy) is 1. The second-order valence-corrected chi connectivity index (χ2v) is 5.14. The highest BCUT2D eigenvalue weighted by atomic mass is 32.1. The molecule has 14 heavy (non-hydrogen) atoms. The van der Waals surface area contributed by atoms with Gasteiger partial charge in [0.1, 0.15) is 0 Å². The van der Waals surface area contributed by atoms with Crippen LogP contribution in [0.25, 0.3) is 0 Å². The molecule has 1 aliphatic heterocycles. The van der Waals surface area contributed by atoms with Gasteiger partial charge in [0, 0.05) is 19.1 Å². The van der Waals surface area contributed by atoms with Gasteiger partial charge in [0.05, 0.1) is 12.2 Å². The van der Waals surface area contributed by atoms with Gasteiger partial charge in [0.2, 0.25) is 0 Å². The molecule has 1 aliphatic carbocycles. The molecule has 0 atom stereocenters. The molecule has 2 fully saturated rings. The van der Waals surface area contributed by atoms with Crippen molar-refractivity contribution in [3.63, 3.8) is 0 Å². The van der Waals surface area contributed by atoms with Gasteiger partial charge in [0.15, 0.2) is 5.11 Å². The monoisotopic (exact) mass is 214 g/mol. The van der Waals surface area contributed by atoms with Crippen molar-refractivity contribution in [3.8, 4) is 0 Å². The number of nitrogens with zero attached hydrogens (tertiary/aromatic N) is 1. The molecule has 0 aromatic rings. The Morgan fingerprint density at radius 1 is 1.50 bits per heavy atom. The molecule has 0 amide bonds. The van der Waals surface area contributed by atoms with Gasteiger partial charge in [0.25, 0.3) is 0 Å². The number of nitrogens with one attached hydrogen (secondary N) is 1. The summed E-state index contributed by atoms with van der Waals surface area (Å²) in [7, 11) is 0. The Morgan fingerprint density at radius 2 is 2.21 bits per heavy atom. The number of hydrogen-bond acceptors (Lipinski definition) is 2. The Hall–Kier alpha value is -0.350. The summed E-state index contributed by atoms with van der Waals surface area (Å²) in [6, 6.07) is 0.647. The highest BCUT2D eigenvalue weighted by Gasteiger charge is 2.30. The van der Waals surface area contributed by atoms with Crippen LogP contribution in [-0.4, -0.2) is 41.4 Å². The summed E-state index contributed by atoms with van der Waals surface area (Å²) in [5.74, 6) is 0. The molecule has 3 nitrogen and oxygen atoms in total. The molecule has 2 rings (SSSR count). The molecule has 0 bridgehead atoms. The summed E-state index contributed by atoms with van der Waals surface area (Å²) in [5, 5.41) is 4.27. The minimum atomic E-state index is -0.0620. The summed E-state index contributed by atoms with van der Waals surface area (Å²) >= 11 is 5.35. The first-order valence-corrected chi connectivity index (χ1v) is 5.67. The van der Waals surface area contributed by atoms with Crippen LogP contribution in [0.5, 0.6) is 0 Å². The van der Waals surface area contributed by atoms with E-state index < -0.39 is 0 Å². The summed E-state index contributed by atoms with van der Waals surface area (Å²) in [6.45, 7) is 6.81. The lowest BCUT2D eigenvalue weighted by molar-refractivity contribution is -0.0678. The predicted molar refractivity (Wildman–Crippen MR) is 60.4 cm³/mol. The number of morpholine rings is 1. The molecule has 1 saturated heterocycles. The smallest absolute Gasteiger partial charge is 0.169 e. The van der Waals surface area contributed by atoms with E-state index in [4.69, 9.17) is 17.0 Å². The molecular formula is C10H18N2OS. The van der Waals surface area contributed by atoms with Gasteiger partial charge >= 0.3 is 0 Å². The molecule has 1 N–H and O–H groups in total. The first-order chi connectivity index (χ1) is 6.57. The minimum absolute atomic E-state index is 0.0620. The third-order valence-corrected chi connectivity index (χ3v) is 2.99. The summed E-state index contributed by atoms with van der Waals surface area (Å²) in [4.78, 5) is 2.22. The van der Waals surface area contributed by atoms with Crippen LogP contribution < -0.4 is 5.32 Å². The molecule has 2 aliphatic rings. The standard InChI is InChI=1S/C10H18N2OS/c1-10(2)7-12(5-6-13-10)9(14)11-8-3-4-8/h8H,3-7H2,1-2H3,(H,11,14). The Bertz CT molecular complexity index is 238. The van der Waals surface area contributed by atoms with Crippen LogP contribution in [0.3, 0.4) is 0 Å². The van der Waals surface area contributed by atoms with E-state index in [1.807, 2.05) is 0 Å². The van der Waals surface area contributed by atoms with E-state index >= 15 is 0 Å². The van der Waals surface area contributed by atoms with Crippen LogP contribution in [0.2, 0.25) is 0 Å². The maximum atomic E-state index is 5.64. The average Bonchev–Trinajstić information content (AvgIpc) is 2.86. The Morgan fingerprint density at radius 3 is 2.79 bits per heavy atom. The fraction of sp³-hybridized carbons (Fsp3) is 0.900. The van der Waals surface area contributed by atoms with E-state index in [1.165, 1.54) is 12.8 Å². The third kappa shape index (κ3) is 2.58. The van der Waals surface area contributed by atoms with Gasteiger partial charge < -0.3 is 15.0 Å². The molecule has 0 unspecified atom stereocenters. The highest BCUT2D eigenvalue weighted by molar-refractivity contribution is 7.80. The number of thiocarbonyl (C=S) groups is 1. The Labute approximate surface area is 90.8 Å². The van der Waals surface area contributed by atoms with Gasteiger partial charge in [-0.2, -0.15) is 0 Å². The second kappa shape index (κ2) is 3.66. The molecular weight excluding hydrogens is 196 g/mol. The van der Waals surface area contributed by atoms with Crippen LogP contribution in [-0.2, 0) is 4.74 Å². The molecule has 0 spiro atoms. The minimum Gasteiger partial charge on any atom is -0.372 e. The lowest BCUT2D eigenvalue weighted by Gasteiger charge is -2.39. The topological polar surface area (TPSA) is 24.5 Å². The van der Waals surface area contributed by atoms with E-state index in [1.54, 1.807) is 0 Å². The second-order valence-electron chi connectivity index (χ2n) is 4.75.